The first-order valence-corrected chi connectivity index (χ1v) is 9.96. The van der Waals surface area contributed by atoms with E-state index < -0.39 is 0 Å². The molecule has 0 radical (unpaired) electrons. The second kappa shape index (κ2) is 11.5. The molecular formula is C20H29ClN4O3. The van der Waals surface area contributed by atoms with E-state index in [1.54, 1.807) is 7.05 Å². The fourth-order valence-electron chi connectivity index (χ4n) is 3.13. The van der Waals surface area contributed by atoms with Crippen molar-refractivity contribution in [2.24, 2.45) is 4.99 Å². The first-order valence-electron chi connectivity index (χ1n) is 9.58. The van der Waals surface area contributed by atoms with Crippen LogP contribution < -0.4 is 5.32 Å². The third kappa shape index (κ3) is 7.03. The number of hydrogen-bond donors (Lipinski definition) is 1. The highest BCUT2D eigenvalue weighted by Gasteiger charge is 2.23. The Balaban J connectivity index is 1.72. The smallest absolute Gasteiger partial charge is 0.305 e. The molecule has 0 aromatic heterocycles. The summed E-state index contributed by atoms with van der Waals surface area (Å²) in [6, 6.07) is 7.43. The summed E-state index contributed by atoms with van der Waals surface area (Å²) >= 11 is 5.99. The number of piperazine rings is 1. The van der Waals surface area contributed by atoms with Crippen LogP contribution in [0.4, 0.5) is 0 Å². The van der Waals surface area contributed by atoms with E-state index in [-0.39, 0.29) is 11.9 Å². The van der Waals surface area contributed by atoms with Gasteiger partial charge in [-0.2, -0.15) is 0 Å². The average molecular weight is 409 g/mol. The Labute approximate surface area is 171 Å². The quantitative estimate of drug-likeness (QED) is 0.323. The van der Waals surface area contributed by atoms with Crippen molar-refractivity contribution in [3.05, 3.63) is 34.9 Å². The van der Waals surface area contributed by atoms with Crippen molar-refractivity contribution in [2.45, 2.75) is 25.7 Å². The van der Waals surface area contributed by atoms with Crippen molar-refractivity contribution in [1.82, 2.24) is 15.1 Å². The Bertz CT molecular complexity index is 688. The van der Waals surface area contributed by atoms with Crippen molar-refractivity contribution in [3.63, 3.8) is 0 Å². The first-order chi connectivity index (χ1) is 13.5. The largest absolute Gasteiger partial charge is 0.469 e. The zero-order chi connectivity index (χ0) is 20.4. The molecule has 0 spiro atoms. The van der Waals surface area contributed by atoms with Crippen molar-refractivity contribution in [2.75, 3.05) is 46.9 Å². The lowest BCUT2D eigenvalue weighted by Crippen LogP contribution is -2.54. The second-order valence-corrected chi connectivity index (χ2v) is 7.12. The minimum absolute atomic E-state index is 0.118. The van der Waals surface area contributed by atoms with E-state index in [0.29, 0.717) is 31.0 Å². The van der Waals surface area contributed by atoms with Crippen LogP contribution in [0.15, 0.2) is 29.3 Å². The number of benzene rings is 1. The number of carbonyl (C=O) groups is 2. The lowest BCUT2D eigenvalue weighted by molar-refractivity contribution is -0.140. The lowest BCUT2D eigenvalue weighted by Gasteiger charge is -2.36. The van der Waals surface area contributed by atoms with Gasteiger partial charge in [0.15, 0.2) is 5.96 Å². The minimum Gasteiger partial charge on any atom is -0.469 e. The number of guanidine groups is 1. The van der Waals surface area contributed by atoms with Crippen LogP contribution in [0, 0.1) is 0 Å². The molecule has 8 heteroatoms. The van der Waals surface area contributed by atoms with E-state index in [4.69, 9.17) is 11.6 Å². The Morgan fingerprint density at radius 2 is 1.89 bits per heavy atom. The van der Waals surface area contributed by atoms with Gasteiger partial charge in [-0.15, -0.1) is 0 Å². The molecule has 1 N–H and O–H groups in total. The summed E-state index contributed by atoms with van der Waals surface area (Å²) in [6.07, 6.45) is 2.45. The number of methoxy groups -OCH3 is 1. The summed E-state index contributed by atoms with van der Waals surface area (Å²) in [5.74, 6) is 0.774. The molecule has 28 heavy (non-hydrogen) atoms. The van der Waals surface area contributed by atoms with Crippen LogP contribution in [0.1, 0.15) is 24.8 Å². The zero-order valence-electron chi connectivity index (χ0n) is 16.6. The van der Waals surface area contributed by atoms with E-state index in [2.05, 4.69) is 19.9 Å². The number of nitrogens with one attached hydrogen (secondary N) is 1. The molecule has 1 aromatic carbocycles. The molecule has 1 aliphatic heterocycles. The number of amides is 1. The van der Waals surface area contributed by atoms with Gasteiger partial charge in [0.2, 0.25) is 5.91 Å². The van der Waals surface area contributed by atoms with Crippen LogP contribution in [0.2, 0.25) is 5.02 Å². The molecule has 154 valence electrons. The topological polar surface area (TPSA) is 74.2 Å². The number of nitrogens with zero attached hydrogens (tertiary/aromatic N) is 3. The van der Waals surface area contributed by atoms with E-state index in [1.807, 2.05) is 29.2 Å². The Morgan fingerprint density at radius 3 is 2.54 bits per heavy atom. The van der Waals surface area contributed by atoms with Gasteiger partial charge in [-0.3, -0.25) is 14.6 Å². The number of aliphatic imine (C=N–C) groups is 1. The summed E-state index contributed by atoms with van der Waals surface area (Å²) in [4.78, 5) is 32.0. The van der Waals surface area contributed by atoms with Gasteiger partial charge in [0, 0.05) is 51.2 Å². The summed E-state index contributed by atoms with van der Waals surface area (Å²) < 4.78 is 4.64. The van der Waals surface area contributed by atoms with Gasteiger partial charge in [0.05, 0.1) is 13.5 Å². The Hall–Kier alpha value is -2.28. The van der Waals surface area contributed by atoms with E-state index in [1.165, 1.54) is 7.11 Å². The Morgan fingerprint density at radius 1 is 1.18 bits per heavy atom. The number of carbonyl (C=O) groups excluding carboxylic acids is 2. The highest BCUT2D eigenvalue weighted by atomic mass is 35.5. The zero-order valence-corrected chi connectivity index (χ0v) is 17.4. The van der Waals surface area contributed by atoms with Crippen LogP contribution in [0.5, 0.6) is 0 Å². The molecule has 1 fully saturated rings. The normalized spacial score (nSPS) is 14.8. The van der Waals surface area contributed by atoms with Gasteiger partial charge in [0.25, 0.3) is 0 Å². The monoisotopic (exact) mass is 408 g/mol. The molecule has 1 amide bonds. The molecule has 0 saturated carbocycles. The summed E-state index contributed by atoms with van der Waals surface area (Å²) in [5, 5.41) is 3.98. The van der Waals surface area contributed by atoms with Gasteiger partial charge in [-0.05, 0) is 30.5 Å². The number of esters is 1. The third-order valence-electron chi connectivity index (χ3n) is 4.71. The molecular weight excluding hydrogens is 380 g/mol. The van der Waals surface area contributed by atoms with Crippen molar-refractivity contribution >= 4 is 29.4 Å². The number of rotatable bonds is 7. The maximum Gasteiger partial charge on any atom is 0.305 e. The Kier molecular flexibility index (Phi) is 9.07. The summed E-state index contributed by atoms with van der Waals surface area (Å²) in [7, 11) is 3.16. The molecule has 0 bridgehead atoms. The molecule has 0 unspecified atom stereocenters. The van der Waals surface area contributed by atoms with Gasteiger partial charge in [-0.1, -0.05) is 23.7 Å². The molecule has 7 nitrogen and oxygen atoms in total. The summed E-state index contributed by atoms with van der Waals surface area (Å²) in [6.45, 7) is 3.56. The maximum atomic E-state index is 12.5. The van der Waals surface area contributed by atoms with Crippen molar-refractivity contribution in [1.29, 1.82) is 0 Å². The van der Waals surface area contributed by atoms with Crippen LogP contribution in [0.25, 0.3) is 0 Å². The van der Waals surface area contributed by atoms with Crippen molar-refractivity contribution < 1.29 is 14.3 Å². The average Bonchev–Trinajstić information content (AvgIpc) is 2.70. The van der Waals surface area contributed by atoms with Gasteiger partial charge in [-0.25, -0.2) is 0 Å². The minimum atomic E-state index is -0.178. The molecule has 1 heterocycles. The second-order valence-electron chi connectivity index (χ2n) is 6.68. The molecule has 0 aliphatic carbocycles. The fourth-order valence-corrected chi connectivity index (χ4v) is 3.34. The number of unbranched alkanes of at least 4 members (excludes halogenated alkanes) is 1. The van der Waals surface area contributed by atoms with Crippen LogP contribution in [-0.2, 0) is 20.7 Å². The lowest BCUT2D eigenvalue weighted by atomic mass is 10.1. The molecule has 2 rings (SSSR count). The van der Waals surface area contributed by atoms with E-state index >= 15 is 0 Å². The maximum absolute atomic E-state index is 12.5. The standard InChI is InChI=1S/C20H29ClN4O3/c1-22-20(23-9-4-3-8-19(27)28-2)25-12-10-24(11-13-25)18(26)15-16-6-5-7-17(21)14-16/h5-7,14H,3-4,8-13,15H2,1-2H3,(H,22,23). The fraction of sp³-hybridized carbons (Fsp3) is 0.550. The SMILES string of the molecule is CN=C(NCCCCC(=O)OC)N1CCN(C(=O)Cc2cccc(Cl)c2)CC1. The number of ether oxygens (including phenoxy) is 1. The van der Waals surface area contributed by atoms with Crippen LogP contribution >= 0.6 is 11.6 Å². The van der Waals surface area contributed by atoms with Gasteiger partial charge >= 0.3 is 5.97 Å². The summed E-state index contributed by atoms with van der Waals surface area (Å²) in [5.41, 5.74) is 0.935. The van der Waals surface area contributed by atoms with Crippen LogP contribution in [-0.4, -0.2) is 74.5 Å². The molecule has 0 atom stereocenters. The van der Waals surface area contributed by atoms with E-state index in [9.17, 15) is 9.59 Å². The molecule has 1 aliphatic rings. The van der Waals surface area contributed by atoms with Crippen molar-refractivity contribution in [3.8, 4) is 0 Å². The predicted octanol–water partition coefficient (Wildman–Crippen LogP) is 1.95. The van der Waals surface area contributed by atoms with Gasteiger partial charge < -0.3 is 19.9 Å². The number of hydrogen-bond acceptors (Lipinski definition) is 4. The van der Waals surface area contributed by atoms with Crippen LogP contribution in [0.3, 0.4) is 0 Å². The molecule has 1 saturated heterocycles. The molecule has 1 aromatic rings. The van der Waals surface area contributed by atoms with E-state index in [0.717, 1.165) is 44.0 Å². The first kappa shape index (κ1) is 22.0. The third-order valence-corrected chi connectivity index (χ3v) is 4.94. The highest BCUT2D eigenvalue weighted by Crippen LogP contribution is 2.13. The van der Waals surface area contributed by atoms with Gasteiger partial charge in [0.1, 0.15) is 0 Å². The predicted molar refractivity (Wildman–Crippen MR) is 111 cm³/mol. The number of halogens is 1. The highest BCUT2D eigenvalue weighted by molar-refractivity contribution is 6.30.